The van der Waals surface area contributed by atoms with Crippen LogP contribution >= 0.6 is 0 Å². The standard InChI is InChI=1S/C11H9O.2C5H5.2Fe/c12-11(9-5-1-2-6-9)10-7-3-4-8-10;2*1-2-4-5-3-1;;/h1-8,12H;2*1-5H;;/q3*-1;;+2. The SMILES string of the molecule is OC(=C1C=CC=C1)[c-]1cccc1.[Fe+2].[Fe].c1cc[cH-]c1.c1cc[cH-]c1. The summed E-state index contributed by atoms with van der Waals surface area (Å²) in [5, 5.41) is 9.69. The van der Waals surface area contributed by atoms with Crippen molar-refractivity contribution in [2.75, 3.05) is 0 Å². The summed E-state index contributed by atoms with van der Waals surface area (Å²) in [6.07, 6.45) is 7.60. The first-order valence-electron chi connectivity index (χ1n) is 7.21. The average Bonchev–Trinajstić information content (AvgIpc) is 3.42. The minimum absolute atomic E-state index is 0. The van der Waals surface area contributed by atoms with Gasteiger partial charge in [0.2, 0.25) is 0 Å². The van der Waals surface area contributed by atoms with E-state index in [4.69, 9.17) is 0 Å². The van der Waals surface area contributed by atoms with E-state index in [1.54, 1.807) is 0 Å². The van der Waals surface area contributed by atoms with Crippen LogP contribution in [0.1, 0.15) is 5.56 Å². The second-order valence-electron chi connectivity index (χ2n) is 4.62. The predicted molar refractivity (Wildman–Crippen MR) is 93.9 cm³/mol. The molecule has 0 radical (unpaired) electrons. The summed E-state index contributed by atoms with van der Waals surface area (Å²) in [6, 6.07) is 27.6. The number of hydrogen-bond acceptors (Lipinski definition) is 1. The average molecular weight is 399 g/mol. The molecule has 0 aliphatic heterocycles. The van der Waals surface area contributed by atoms with Crippen molar-refractivity contribution in [2.24, 2.45) is 0 Å². The van der Waals surface area contributed by atoms with Crippen molar-refractivity contribution in [2.45, 2.75) is 0 Å². The molecule has 0 bridgehead atoms. The van der Waals surface area contributed by atoms with Crippen LogP contribution in [0.3, 0.4) is 0 Å². The zero-order valence-corrected chi connectivity index (χ0v) is 15.3. The van der Waals surface area contributed by atoms with E-state index < -0.39 is 0 Å². The maximum Gasteiger partial charge on any atom is 2.00 e. The fraction of sp³-hybridized carbons (Fsp3) is 0. The summed E-state index contributed by atoms with van der Waals surface area (Å²) >= 11 is 0. The second kappa shape index (κ2) is 13.5. The Hall–Kier alpha value is -1.89. The van der Waals surface area contributed by atoms with Crippen LogP contribution < -0.4 is 0 Å². The van der Waals surface area contributed by atoms with Crippen LogP contribution in [-0.4, -0.2) is 5.11 Å². The molecular weight excluding hydrogens is 380 g/mol. The molecule has 0 amide bonds. The van der Waals surface area contributed by atoms with Crippen molar-refractivity contribution in [3.63, 3.8) is 0 Å². The van der Waals surface area contributed by atoms with E-state index in [0.717, 1.165) is 11.1 Å². The molecule has 1 aliphatic carbocycles. The fourth-order valence-electron chi connectivity index (χ4n) is 1.87. The van der Waals surface area contributed by atoms with Gasteiger partial charge in [-0.05, 0) is 0 Å². The Bertz CT molecular complexity index is 611. The Morgan fingerprint density at radius 3 is 1.50 bits per heavy atom. The largest absolute Gasteiger partial charge is 2.00 e. The first-order chi connectivity index (χ1) is 10.9. The van der Waals surface area contributed by atoms with Crippen molar-refractivity contribution in [1.82, 2.24) is 0 Å². The van der Waals surface area contributed by atoms with Crippen molar-refractivity contribution < 1.29 is 39.2 Å². The third kappa shape index (κ3) is 8.10. The summed E-state index contributed by atoms with van der Waals surface area (Å²) in [4.78, 5) is 0. The van der Waals surface area contributed by atoms with Crippen molar-refractivity contribution in [1.29, 1.82) is 0 Å². The monoisotopic (exact) mass is 399 g/mol. The fourth-order valence-corrected chi connectivity index (χ4v) is 1.87. The van der Waals surface area contributed by atoms with Gasteiger partial charge in [0, 0.05) is 22.8 Å². The number of allylic oxidation sites excluding steroid dienone is 5. The smallest absolute Gasteiger partial charge is 0.526 e. The molecule has 3 aromatic carbocycles. The van der Waals surface area contributed by atoms with Gasteiger partial charge in [-0.1, -0.05) is 35.4 Å². The minimum atomic E-state index is 0. The third-order valence-electron chi connectivity index (χ3n) is 2.98. The van der Waals surface area contributed by atoms with Crippen LogP contribution in [-0.2, 0) is 34.1 Å². The summed E-state index contributed by atoms with van der Waals surface area (Å²) in [5.41, 5.74) is 1.75. The van der Waals surface area contributed by atoms with Gasteiger partial charge < -0.3 is 5.11 Å². The maximum atomic E-state index is 9.69. The molecule has 0 spiro atoms. The second-order valence-corrected chi connectivity index (χ2v) is 4.62. The first-order valence-corrected chi connectivity index (χ1v) is 7.21. The van der Waals surface area contributed by atoms with E-state index in [1.807, 2.05) is 109 Å². The molecular formula is C21H19Fe2O-. The van der Waals surface area contributed by atoms with E-state index in [0.29, 0.717) is 5.76 Å². The molecule has 4 rings (SSSR count). The van der Waals surface area contributed by atoms with Crippen LogP contribution in [0.4, 0.5) is 0 Å². The van der Waals surface area contributed by atoms with E-state index >= 15 is 0 Å². The molecule has 0 saturated heterocycles. The Morgan fingerprint density at radius 2 is 1.17 bits per heavy atom. The van der Waals surface area contributed by atoms with Gasteiger partial charge in [-0.3, -0.25) is 0 Å². The van der Waals surface area contributed by atoms with Gasteiger partial charge in [0.05, 0.1) is 0 Å². The van der Waals surface area contributed by atoms with Gasteiger partial charge >= 0.3 is 17.1 Å². The third-order valence-corrected chi connectivity index (χ3v) is 2.98. The minimum Gasteiger partial charge on any atom is -0.526 e. The molecule has 1 aliphatic rings. The predicted octanol–water partition coefficient (Wildman–Crippen LogP) is 5.61. The topological polar surface area (TPSA) is 20.2 Å². The molecule has 0 unspecified atom stereocenters. The van der Waals surface area contributed by atoms with Crippen LogP contribution in [0, 0.1) is 0 Å². The zero-order chi connectivity index (χ0) is 15.5. The van der Waals surface area contributed by atoms with E-state index in [1.165, 1.54) is 0 Å². The molecule has 1 nitrogen and oxygen atoms in total. The number of aliphatic hydroxyl groups is 1. The van der Waals surface area contributed by atoms with Crippen LogP contribution in [0.2, 0.25) is 0 Å². The Balaban J connectivity index is 0.000000370. The Labute approximate surface area is 165 Å². The Morgan fingerprint density at radius 1 is 0.750 bits per heavy atom. The number of rotatable bonds is 1. The van der Waals surface area contributed by atoms with Gasteiger partial charge in [0.1, 0.15) is 0 Å². The van der Waals surface area contributed by atoms with Crippen LogP contribution in [0.25, 0.3) is 5.76 Å². The molecule has 3 heteroatoms. The molecule has 0 heterocycles. The summed E-state index contributed by atoms with van der Waals surface area (Å²) < 4.78 is 0. The van der Waals surface area contributed by atoms with E-state index in [9.17, 15) is 5.11 Å². The molecule has 0 fully saturated rings. The Kier molecular flexibility index (Phi) is 12.5. The van der Waals surface area contributed by atoms with E-state index in [-0.39, 0.29) is 34.1 Å². The summed E-state index contributed by atoms with van der Waals surface area (Å²) in [7, 11) is 0. The molecule has 0 saturated carbocycles. The summed E-state index contributed by atoms with van der Waals surface area (Å²) in [5.74, 6) is 0.352. The molecule has 0 atom stereocenters. The van der Waals surface area contributed by atoms with Crippen LogP contribution in [0.5, 0.6) is 0 Å². The summed E-state index contributed by atoms with van der Waals surface area (Å²) in [6.45, 7) is 0. The van der Waals surface area contributed by atoms with Crippen molar-refractivity contribution in [3.05, 3.63) is 120 Å². The molecule has 126 valence electrons. The maximum absolute atomic E-state index is 9.69. The van der Waals surface area contributed by atoms with Gasteiger partial charge in [-0.2, -0.15) is 48.5 Å². The van der Waals surface area contributed by atoms with Gasteiger partial charge in [-0.15, -0.1) is 12.1 Å². The zero-order valence-electron chi connectivity index (χ0n) is 13.0. The first kappa shape index (κ1) is 22.1. The molecule has 24 heavy (non-hydrogen) atoms. The van der Waals surface area contributed by atoms with E-state index in [2.05, 4.69) is 0 Å². The molecule has 3 aromatic rings. The van der Waals surface area contributed by atoms with Gasteiger partial charge in [0.15, 0.2) is 0 Å². The van der Waals surface area contributed by atoms with Crippen molar-refractivity contribution in [3.8, 4) is 0 Å². The molecule has 1 N–H and O–H groups in total. The quantitative estimate of drug-likeness (QED) is 0.321. The normalized spacial score (nSPS) is 10.4. The van der Waals surface area contributed by atoms with Crippen molar-refractivity contribution >= 4 is 5.76 Å². The molecule has 0 aromatic heterocycles. The number of aliphatic hydroxyl groups excluding tert-OH is 1. The van der Waals surface area contributed by atoms with Gasteiger partial charge in [-0.25, -0.2) is 24.3 Å². The number of hydrogen-bond donors (Lipinski definition) is 1. The van der Waals surface area contributed by atoms with Gasteiger partial charge in [0.25, 0.3) is 0 Å². The van der Waals surface area contributed by atoms with Crippen LogP contribution in [0.15, 0.2) is 115 Å².